The van der Waals surface area contributed by atoms with Crippen LogP contribution in [-0.4, -0.2) is 42.3 Å². The summed E-state index contributed by atoms with van der Waals surface area (Å²) < 4.78 is 9.33. The van der Waals surface area contributed by atoms with Gasteiger partial charge in [0, 0.05) is 6.54 Å². The van der Waals surface area contributed by atoms with Crippen molar-refractivity contribution in [2.45, 2.75) is 25.6 Å². The van der Waals surface area contributed by atoms with E-state index in [1.807, 2.05) is 41.0 Å². The number of imidazole rings is 1. The van der Waals surface area contributed by atoms with Gasteiger partial charge in [0.1, 0.15) is 29.4 Å². The van der Waals surface area contributed by atoms with E-state index in [1.54, 1.807) is 7.11 Å². The molecule has 0 aliphatic carbocycles. The highest BCUT2D eigenvalue weighted by Gasteiger charge is 2.23. The van der Waals surface area contributed by atoms with Crippen LogP contribution in [0.25, 0.3) is 11.0 Å². The van der Waals surface area contributed by atoms with E-state index < -0.39 is 6.10 Å². The molecule has 3 rings (SSSR count). The van der Waals surface area contributed by atoms with Crippen molar-refractivity contribution in [3.63, 3.8) is 0 Å². The van der Waals surface area contributed by atoms with Crippen LogP contribution in [0.1, 0.15) is 18.1 Å². The van der Waals surface area contributed by atoms with Crippen LogP contribution in [0, 0.1) is 0 Å². The van der Waals surface area contributed by atoms with Crippen molar-refractivity contribution in [3.8, 4) is 5.75 Å². The number of benzene rings is 2. The molecule has 6 heteroatoms. The zero-order valence-corrected chi connectivity index (χ0v) is 16.3. The summed E-state index contributed by atoms with van der Waals surface area (Å²) in [4.78, 5) is 2.17. The lowest BCUT2D eigenvalue weighted by molar-refractivity contribution is -0.666. The first-order chi connectivity index (χ1) is 13.0. The van der Waals surface area contributed by atoms with Gasteiger partial charge in [0.25, 0.3) is 0 Å². The fourth-order valence-electron chi connectivity index (χ4n) is 3.39. The molecule has 0 aliphatic heterocycles. The Kier molecular flexibility index (Phi) is 5.98. The second-order valence-electron chi connectivity index (χ2n) is 7.05. The van der Waals surface area contributed by atoms with Crippen molar-refractivity contribution in [1.82, 2.24) is 9.47 Å². The minimum absolute atomic E-state index is 0.402. The van der Waals surface area contributed by atoms with Crippen molar-refractivity contribution in [3.05, 3.63) is 54.1 Å². The number of aromatic nitrogens is 2. The fraction of sp³-hybridized carbons (Fsp3) is 0.381. The van der Waals surface area contributed by atoms with E-state index in [9.17, 15) is 5.11 Å². The maximum atomic E-state index is 10.7. The van der Waals surface area contributed by atoms with Gasteiger partial charge >= 0.3 is 5.95 Å². The van der Waals surface area contributed by atoms with Gasteiger partial charge in [-0.25, -0.2) is 9.13 Å². The molecule has 0 bridgehead atoms. The normalized spacial score (nSPS) is 12.6. The van der Waals surface area contributed by atoms with Gasteiger partial charge in [0.05, 0.1) is 13.7 Å². The number of aliphatic hydroxyl groups excluding tert-OH is 1. The topological polar surface area (TPSA) is 67.5 Å². The Morgan fingerprint density at radius 3 is 2.52 bits per heavy atom. The highest BCUT2D eigenvalue weighted by atomic mass is 16.5. The summed E-state index contributed by atoms with van der Waals surface area (Å²) in [5.74, 6) is 1.44. The summed E-state index contributed by atoms with van der Waals surface area (Å²) in [6.45, 7) is 2.25. The second-order valence-corrected chi connectivity index (χ2v) is 7.05. The minimum Gasteiger partial charge on any atom is -0.497 e. The molecule has 144 valence electrons. The Labute approximate surface area is 160 Å². The highest BCUT2D eigenvalue weighted by molar-refractivity contribution is 5.73. The van der Waals surface area contributed by atoms with Gasteiger partial charge in [-0.3, -0.25) is 5.73 Å². The van der Waals surface area contributed by atoms with Gasteiger partial charge < -0.3 is 14.7 Å². The number of nitrogen functional groups attached to an aromatic ring is 1. The Morgan fingerprint density at radius 2 is 1.85 bits per heavy atom. The number of anilines is 1. The van der Waals surface area contributed by atoms with Crippen LogP contribution in [-0.2, 0) is 13.1 Å². The smallest absolute Gasteiger partial charge is 0.356 e. The van der Waals surface area contributed by atoms with Crippen LogP contribution in [0.2, 0.25) is 0 Å². The number of fused-ring (bicyclic) bond motifs is 1. The number of hydrogen-bond donors (Lipinski definition) is 2. The molecule has 3 N–H and O–H groups in total. The van der Waals surface area contributed by atoms with E-state index in [4.69, 9.17) is 10.5 Å². The van der Waals surface area contributed by atoms with Crippen LogP contribution >= 0.6 is 0 Å². The third kappa shape index (κ3) is 4.23. The monoisotopic (exact) mass is 369 g/mol. The van der Waals surface area contributed by atoms with Crippen molar-refractivity contribution in [2.75, 3.05) is 33.5 Å². The lowest BCUT2D eigenvalue weighted by Gasteiger charge is -2.11. The van der Waals surface area contributed by atoms with Crippen molar-refractivity contribution < 1.29 is 14.4 Å². The van der Waals surface area contributed by atoms with E-state index in [0.29, 0.717) is 12.5 Å². The third-order valence-corrected chi connectivity index (χ3v) is 4.86. The number of aryl methyl sites for hydroxylation is 1. The predicted octanol–water partition coefficient (Wildman–Crippen LogP) is 2.20. The van der Waals surface area contributed by atoms with Gasteiger partial charge in [-0.05, 0) is 50.3 Å². The number of hydrogen-bond acceptors (Lipinski definition) is 4. The Morgan fingerprint density at radius 1 is 1.15 bits per heavy atom. The van der Waals surface area contributed by atoms with Crippen LogP contribution in [0.3, 0.4) is 0 Å². The fourth-order valence-corrected chi connectivity index (χ4v) is 3.39. The first-order valence-corrected chi connectivity index (χ1v) is 9.24. The van der Waals surface area contributed by atoms with E-state index in [2.05, 4.69) is 35.7 Å². The van der Waals surface area contributed by atoms with Gasteiger partial charge in [0.2, 0.25) is 0 Å². The lowest BCUT2D eigenvalue weighted by atomic mass is 10.1. The standard InChI is InChI=1S/C21H28N4O2/c1-23(2)13-6-14-24-18-7-4-5-8-19(18)25(21(24)22)15-20(26)16-9-11-17(27-3)12-10-16/h4-5,7-12,20,22,26H,6,13-15H2,1-3H3/p+1/t20-/m1/s1. The van der Waals surface area contributed by atoms with Crippen molar-refractivity contribution in [2.24, 2.45) is 0 Å². The van der Waals surface area contributed by atoms with E-state index in [1.165, 1.54) is 0 Å². The molecule has 0 saturated heterocycles. The molecular formula is C21H29N4O2+. The maximum absolute atomic E-state index is 10.7. The van der Waals surface area contributed by atoms with Gasteiger partial charge in [0.15, 0.2) is 0 Å². The number of para-hydroxylation sites is 2. The zero-order chi connectivity index (χ0) is 19.4. The van der Waals surface area contributed by atoms with Crippen molar-refractivity contribution in [1.29, 1.82) is 0 Å². The Bertz CT molecular complexity index is 887. The van der Waals surface area contributed by atoms with Crippen LogP contribution in [0.4, 0.5) is 5.95 Å². The third-order valence-electron chi connectivity index (χ3n) is 4.86. The summed E-state index contributed by atoms with van der Waals surface area (Å²) in [7, 11) is 5.78. The average Bonchev–Trinajstić information content (AvgIpc) is 2.93. The summed E-state index contributed by atoms with van der Waals surface area (Å²) >= 11 is 0. The van der Waals surface area contributed by atoms with Gasteiger partial charge in [-0.1, -0.05) is 24.3 Å². The molecule has 1 atom stereocenters. The molecule has 0 spiro atoms. The molecule has 0 amide bonds. The first kappa shape index (κ1) is 19.2. The highest BCUT2D eigenvalue weighted by Crippen LogP contribution is 2.21. The SMILES string of the molecule is COc1ccc([C@H](O)C[n+]2c(N)n(CCCN(C)C)c3ccccc32)cc1. The van der Waals surface area contributed by atoms with Crippen LogP contribution < -0.4 is 15.0 Å². The quantitative estimate of drug-likeness (QED) is 0.598. The number of aliphatic hydroxyl groups is 1. The molecule has 1 heterocycles. The number of nitrogens with two attached hydrogens (primary N) is 1. The zero-order valence-electron chi connectivity index (χ0n) is 16.3. The summed E-state index contributed by atoms with van der Waals surface area (Å²) in [5.41, 5.74) is 9.45. The average molecular weight is 369 g/mol. The summed E-state index contributed by atoms with van der Waals surface area (Å²) in [6, 6.07) is 15.6. The molecule has 27 heavy (non-hydrogen) atoms. The summed E-state index contributed by atoms with van der Waals surface area (Å²) in [5, 5.41) is 10.7. The molecule has 0 unspecified atom stereocenters. The maximum Gasteiger partial charge on any atom is 0.356 e. The first-order valence-electron chi connectivity index (χ1n) is 9.24. The van der Waals surface area contributed by atoms with Crippen LogP contribution in [0.5, 0.6) is 5.75 Å². The van der Waals surface area contributed by atoms with Crippen LogP contribution in [0.15, 0.2) is 48.5 Å². The van der Waals surface area contributed by atoms with Gasteiger partial charge in [-0.15, -0.1) is 0 Å². The Hall–Kier alpha value is -2.57. The van der Waals surface area contributed by atoms with Crippen molar-refractivity contribution >= 4 is 17.0 Å². The van der Waals surface area contributed by atoms with E-state index in [0.717, 1.165) is 41.9 Å². The minimum atomic E-state index is -0.649. The molecule has 0 aliphatic rings. The number of ether oxygens (including phenoxy) is 1. The van der Waals surface area contributed by atoms with Gasteiger partial charge in [-0.2, -0.15) is 0 Å². The number of methoxy groups -OCH3 is 1. The van der Waals surface area contributed by atoms with E-state index >= 15 is 0 Å². The van der Waals surface area contributed by atoms with E-state index in [-0.39, 0.29) is 0 Å². The molecular weight excluding hydrogens is 340 g/mol. The number of rotatable bonds is 8. The summed E-state index contributed by atoms with van der Waals surface area (Å²) in [6.07, 6.45) is 0.362. The lowest BCUT2D eigenvalue weighted by Crippen LogP contribution is -2.39. The molecule has 0 radical (unpaired) electrons. The molecule has 2 aromatic carbocycles. The largest absolute Gasteiger partial charge is 0.497 e. The molecule has 1 aromatic heterocycles. The number of nitrogens with zero attached hydrogens (tertiary/aromatic N) is 3. The second kappa shape index (κ2) is 8.41. The molecule has 3 aromatic rings. The Balaban J connectivity index is 1.87. The predicted molar refractivity (Wildman–Crippen MR) is 108 cm³/mol. The molecule has 0 fully saturated rings. The molecule has 0 saturated carbocycles. The molecule has 6 nitrogen and oxygen atoms in total.